The molecular weight excluding hydrogens is 238 g/mol. The van der Waals surface area contributed by atoms with Gasteiger partial charge >= 0.3 is 0 Å². The molecule has 0 amide bonds. The van der Waals surface area contributed by atoms with Gasteiger partial charge in [0.2, 0.25) is 0 Å². The second-order valence-corrected chi connectivity index (χ2v) is 6.68. The Morgan fingerprint density at radius 2 is 2.06 bits per heavy atom. The summed E-state index contributed by atoms with van der Waals surface area (Å²) >= 11 is 0. The molecule has 0 unspecified atom stereocenters. The number of hydrogen-bond donors (Lipinski definition) is 1. The van der Waals surface area contributed by atoms with Crippen molar-refractivity contribution in [3.8, 4) is 5.75 Å². The number of rotatable bonds is 4. The molecule has 0 saturated carbocycles. The second-order valence-electron chi connectivity index (χ2n) is 4.45. The van der Waals surface area contributed by atoms with E-state index in [0.29, 0.717) is 11.5 Å². The second kappa shape index (κ2) is 5.06. The zero-order valence-corrected chi connectivity index (χ0v) is 10.7. The smallest absolute Gasteiger partial charge is 0.156 e. The van der Waals surface area contributed by atoms with E-state index in [1.165, 1.54) is 5.56 Å². The van der Waals surface area contributed by atoms with Gasteiger partial charge in [-0.25, -0.2) is 8.42 Å². The summed E-state index contributed by atoms with van der Waals surface area (Å²) in [5.74, 6) is 1.51. The number of methoxy groups -OCH3 is 1. The third-order valence-corrected chi connectivity index (χ3v) is 4.91. The molecular formula is C12H18NO3S+. The Bertz CT molecular complexity index is 467. The Labute approximate surface area is 102 Å². The minimum atomic E-state index is -2.76. The Hall–Kier alpha value is -1.07. The molecule has 94 valence electrons. The summed E-state index contributed by atoms with van der Waals surface area (Å²) in [4.78, 5) is 0. The zero-order chi connectivity index (χ0) is 12.3. The van der Waals surface area contributed by atoms with Crippen LogP contribution in [0.4, 0.5) is 0 Å². The van der Waals surface area contributed by atoms with Crippen molar-refractivity contribution in [2.75, 3.05) is 18.6 Å². The van der Waals surface area contributed by atoms with Crippen LogP contribution in [-0.4, -0.2) is 33.1 Å². The highest BCUT2D eigenvalue weighted by Crippen LogP contribution is 2.11. The summed E-state index contributed by atoms with van der Waals surface area (Å²) in [7, 11) is -1.12. The fourth-order valence-corrected chi connectivity index (χ4v) is 3.86. The molecule has 4 nitrogen and oxygen atoms in total. The van der Waals surface area contributed by atoms with E-state index in [-0.39, 0.29) is 6.04 Å². The van der Waals surface area contributed by atoms with Gasteiger partial charge in [-0.2, -0.15) is 0 Å². The highest BCUT2D eigenvalue weighted by molar-refractivity contribution is 7.91. The molecule has 1 aliphatic rings. The predicted molar refractivity (Wildman–Crippen MR) is 65.7 cm³/mol. The fraction of sp³-hybridized carbons (Fsp3) is 0.500. The standard InChI is InChI=1S/C12H17NO3S/c1-16-12-4-2-10(3-5-12)8-13-11-6-7-17(14,15)9-11/h2-5,11,13H,6-9H2,1H3/p+1/t11-/m0/s1. The highest BCUT2D eigenvalue weighted by atomic mass is 32.2. The van der Waals surface area contributed by atoms with E-state index < -0.39 is 9.84 Å². The van der Waals surface area contributed by atoms with Gasteiger partial charge in [0, 0.05) is 12.0 Å². The lowest BCUT2D eigenvalue weighted by Crippen LogP contribution is -2.89. The minimum Gasteiger partial charge on any atom is -0.497 e. The maximum Gasteiger partial charge on any atom is 0.156 e. The normalized spacial score (nSPS) is 22.5. The van der Waals surface area contributed by atoms with E-state index in [1.54, 1.807) is 7.11 Å². The number of quaternary nitrogens is 1. The van der Waals surface area contributed by atoms with Crippen LogP contribution < -0.4 is 10.1 Å². The molecule has 1 aromatic carbocycles. The van der Waals surface area contributed by atoms with Crippen LogP contribution in [0.1, 0.15) is 12.0 Å². The van der Waals surface area contributed by atoms with Crippen molar-refractivity contribution in [1.82, 2.24) is 0 Å². The topological polar surface area (TPSA) is 60.0 Å². The van der Waals surface area contributed by atoms with Gasteiger partial charge in [-0.05, 0) is 24.3 Å². The molecule has 2 rings (SSSR count). The molecule has 0 radical (unpaired) electrons. The van der Waals surface area contributed by atoms with Crippen molar-refractivity contribution in [3.63, 3.8) is 0 Å². The molecule has 1 heterocycles. The first kappa shape index (κ1) is 12.4. The number of sulfone groups is 1. The molecule has 1 aliphatic heterocycles. The lowest BCUT2D eigenvalue weighted by atomic mass is 10.2. The first-order valence-corrected chi connectivity index (χ1v) is 7.58. The summed E-state index contributed by atoms with van der Waals surface area (Å²) in [6, 6.07) is 8.10. The van der Waals surface area contributed by atoms with Crippen molar-refractivity contribution in [1.29, 1.82) is 0 Å². The molecule has 1 saturated heterocycles. The van der Waals surface area contributed by atoms with Gasteiger partial charge in [0.05, 0.1) is 12.9 Å². The van der Waals surface area contributed by atoms with Gasteiger partial charge in [-0.15, -0.1) is 0 Å². The first-order valence-electron chi connectivity index (χ1n) is 5.76. The van der Waals surface area contributed by atoms with Gasteiger partial charge in [0.25, 0.3) is 0 Å². The molecule has 1 atom stereocenters. The quantitative estimate of drug-likeness (QED) is 0.821. The lowest BCUT2D eigenvalue weighted by molar-refractivity contribution is -0.699. The van der Waals surface area contributed by atoms with Crippen molar-refractivity contribution < 1.29 is 18.5 Å². The van der Waals surface area contributed by atoms with E-state index >= 15 is 0 Å². The molecule has 2 N–H and O–H groups in total. The maximum absolute atomic E-state index is 11.3. The Morgan fingerprint density at radius 1 is 1.35 bits per heavy atom. The zero-order valence-electron chi connectivity index (χ0n) is 9.93. The van der Waals surface area contributed by atoms with E-state index in [1.807, 2.05) is 24.3 Å². The van der Waals surface area contributed by atoms with Crippen molar-refractivity contribution >= 4 is 9.84 Å². The number of hydrogen-bond acceptors (Lipinski definition) is 3. The van der Waals surface area contributed by atoms with Crippen LogP contribution in [0.15, 0.2) is 24.3 Å². The van der Waals surface area contributed by atoms with Gasteiger partial charge in [-0.3, -0.25) is 0 Å². The highest BCUT2D eigenvalue weighted by Gasteiger charge is 2.30. The van der Waals surface area contributed by atoms with Crippen molar-refractivity contribution in [2.45, 2.75) is 19.0 Å². The first-order chi connectivity index (χ1) is 8.09. The molecule has 0 spiro atoms. The largest absolute Gasteiger partial charge is 0.497 e. The number of benzene rings is 1. The summed E-state index contributed by atoms with van der Waals surface area (Å²) in [5, 5.41) is 2.12. The lowest BCUT2D eigenvalue weighted by Gasteiger charge is -2.07. The van der Waals surface area contributed by atoms with Crippen LogP contribution in [0.5, 0.6) is 5.75 Å². The van der Waals surface area contributed by atoms with Gasteiger partial charge in [-0.1, -0.05) is 0 Å². The van der Waals surface area contributed by atoms with Gasteiger partial charge < -0.3 is 10.1 Å². The van der Waals surface area contributed by atoms with Crippen LogP contribution in [0.2, 0.25) is 0 Å². The average Bonchev–Trinajstić information content (AvgIpc) is 2.67. The molecule has 0 aliphatic carbocycles. The molecule has 17 heavy (non-hydrogen) atoms. The van der Waals surface area contributed by atoms with E-state index in [4.69, 9.17) is 4.74 Å². The number of nitrogens with two attached hydrogens (primary N) is 1. The van der Waals surface area contributed by atoms with Crippen LogP contribution in [0.3, 0.4) is 0 Å². The van der Waals surface area contributed by atoms with Crippen molar-refractivity contribution in [2.24, 2.45) is 0 Å². The third-order valence-electron chi connectivity index (χ3n) is 3.11. The SMILES string of the molecule is COc1ccc(C[NH2+][C@H]2CCS(=O)(=O)C2)cc1. The van der Waals surface area contributed by atoms with E-state index in [2.05, 4.69) is 5.32 Å². The summed E-state index contributed by atoms with van der Waals surface area (Å²) < 4.78 is 27.7. The summed E-state index contributed by atoms with van der Waals surface area (Å²) in [6.07, 6.45) is 0.776. The molecule has 1 fully saturated rings. The van der Waals surface area contributed by atoms with Crippen LogP contribution in [0, 0.1) is 0 Å². The molecule has 0 aromatic heterocycles. The Morgan fingerprint density at radius 3 is 2.59 bits per heavy atom. The fourth-order valence-electron chi connectivity index (χ4n) is 2.07. The summed E-state index contributed by atoms with van der Waals surface area (Å²) in [5.41, 5.74) is 1.19. The summed E-state index contributed by atoms with van der Waals surface area (Å²) in [6.45, 7) is 0.824. The van der Waals surface area contributed by atoms with Crippen LogP contribution >= 0.6 is 0 Å². The molecule has 0 bridgehead atoms. The van der Waals surface area contributed by atoms with Crippen molar-refractivity contribution in [3.05, 3.63) is 29.8 Å². The Balaban J connectivity index is 1.86. The minimum absolute atomic E-state index is 0.224. The van der Waals surface area contributed by atoms with E-state index in [0.717, 1.165) is 18.7 Å². The van der Waals surface area contributed by atoms with Gasteiger partial charge in [0.1, 0.15) is 24.1 Å². The average molecular weight is 256 g/mol. The van der Waals surface area contributed by atoms with Crippen LogP contribution in [-0.2, 0) is 16.4 Å². The Kier molecular flexibility index (Phi) is 3.69. The third kappa shape index (κ3) is 3.44. The number of ether oxygens (including phenoxy) is 1. The van der Waals surface area contributed by atoms with Crippen LogP contribution in [0.25, 0.3) is 0 Å². The molecule has 1 aromatic rings. The maximum atomic E-state index is 11.3. The van der Waals surface area contributed by atoms with E-state index in [9.17, 15) is 8.42 Å². The monoisotopic (exact) mass is 256 g/mol. The van der Waals surface area contributed by atoms with Gasteiger partial charge in [0.15, 0.2) is 9.84 Å². The predicted octanol–water partition coefficient (Wildman–Crippen LogP) is -0.0543. The molecule has 5 heteroatoms.